The van der Waals surface area contributed by atoms with Crippen molar-refractivity contribution in [2.45, 2.75) is 40.2 Å². The van der Waals surface area contributed by atoms with Gasteiger partial charge in [-0.25, -0.2) is 0 Å². The van der Waals surface area contributed by atoms with Crippen molar-refractivity contribution in [2.24, 2.45) is 11.8 Å². The molecule has 112 valence electrons. The molecule has 1 aromatic carbocycles. The lowest BCUT2D eigenvalue weighted by atomic mass is 9.88. The van der Waals surface area contributed by atoms with E-state index in [-0.39, 0.29) is 0 Å². The summed E-state index contributed by atoms with van der Waals surface area (Å²) in [6.45, 7) is 11.1. The Labute approximate surface area is 128 Å². The first-order valence-corrected chi connectivity index (χ1v) is 8.23. The zero-order valence-corrected chi connectivity index (χ0v) is 13.7. The molecule has 0 radical (unpaired) electrons. The molecule has 0 amide bonds. The van der Waals surface area contributed by atoms with Crippen LogP contribution in [0.2, 0.25) is 5.02 Å². The van der Waals surface area contributed by atoms with E-state index in [0.717, 1.165) is 49.5 Å². The number of benzene rings is 1. The van der Waals surface area contributed by atoms with Gasteiger partial charge in [-0.05, 0) is 48.9 Å². The predicted molar refractivity (Wildman–Crippen MR) is 88.6 cm³/mol. The number of anilines is 1. The molecule has 2 atom stereocenters. The van der Waals surface area contributed by atoms with Crippen LogP contribution in [0.15, 0.2) is 18.2 Å². The van der Waals surface area contributed by atoms with Gasteiger partial charge < -0.3 is 10.2 Å². The van der Waals surface area contributed by atoms with Crippen LogP contribution in [0.3, 0.4) is 0 Å². The van der Waals surface area contributed by atoms with E-state index in [1.807, 2.05) is 0 Å². The number of halogens is 1. The Morgan fingerprint density at radius 2 is 2.10 bits per heavy atom. The van der Waals surface area contributed by atoms with E-state index in [2.05, 4.69) is 49.2 Å². The standard InChI is InChI=1S/C17H27ClN2/c1-4-8-19-11-15-5-6-17(16(18)10-15)20-9-7-13(2)14(3)12-20/h5-6,10,13-14,19H,4,7-9,11-12H2,1-3H3. The Balaban J connectivity index is 2.02. The average molecular weight is 295 g/mol. The van der Waals surface area contributed by atoms with Gasteiger partial charge in [0.1, 0.15) is 0 Å². The fraction of sp³-hybridized carbons (Fsp3) is 0.647. The van der Waals surface area contributed by atoms with Crippen LogP contribution in [0, 0.1) is 11.8 Å². The van der Waals surface area contributed by atoms with Crippen molar-refractivity contribution in [3.63, 3.8) is 0 Å². The molecule has 2 rings (SSSR count). The second-order valence-corrected chi connectivity index (χ2v) is 6.56. The molecule has 1 N–H and O–H groups in total. The van der Waals surface area contributed by atoms with Gasteiger partial charge in [0.25, 0.3) is 0 Å². The average Bonchev–Trinajstić information content (AvgIpc) is 2.43. The summed E-state index contributed by atoms with van der Waals surface area (Å²) in [6, 6.07) is 6.50. The Hall–Kier alpha value is -0.730. The monoisotopic (exact) mass is 294 g/mol. The van der Waals surface area contributed by atoms with E-state index >= 15 is 0 Å². The summed E-state index contributed by atoms with van der Waals surface area (Å²) in [4.78, 5) is 2.44. The van der Waals surface area contributed by atoms with Crippen LogP contribution < -0.4 is 10.2 Å². The topological polar surface area (TPSA) is 15.3 Å². The van der Waals surface area contributed by atoms with Crippen LogP contribution in [-0.4, -0.2) is 19.6 Å². The third-order valence-corrected chi connectivity index (χ3v) is 4.75. The van der Waals surface area contributed by atoms with Gasteiger partial charge in [-0.3, -0.25) is 0 Å². The maximum Gasteiger partial charge on any atom is 0.0642 e. The number of nitrogens with one attached hydrogen (secondary N) is 1. The van der Waals surface area contributed by atoms with E-state index < -0.39 is 0 Å². The molecule has 1 heterocycles. The van der Waals surface area contributed by atoms with E-state index in [0.29, 0.717) is 0 Å². The van der Waals surface area contributed by atoms with Gasteiger partial charge in [0.15, 0.2) is 0 Å². The Morgan fingerprint density at radius 3 is 2.75 bits per heavy atom. The third kappa shape index (κ3) is 3.89. The lowest BCUT2D eigenvalue weighted by Gasteiger charge is -2.37. The maximum atomic E-state index is 6.49. The molecule has 0 bridgehead atoms. The summed E-state index contributed by atoms with van der Waals surface area (Å²) >= 11 is 6.49. The van der Waals surface area contributed by atoms with Crippen molar-refractivity contribution < 1.29 is 0 Å². The number of hydrogen-bond acceptors (Lipinski definition) is 2. The summed E-state index contributed by atoms with van der Waals surface area (Å²) < 4.78 is 0. The van der Waals surface area contributed by atoms with Crippen molar-refractivity contribution in [1.82, 2.24) is 5.32 Å². The van der Waals surface area contributed by atoms with Crippen LogP contribution in [-0.2, 0) is 6.54 Å². The van der Waals surface area contributed by atoms with E-state index in [1.165, 1.54) is 17.7 Å². The zero-order valence-electron chi connectivity index (χ0n) is 13.0. The van der Waals surface area contributed by atoms with Gasteiger partial charge in [0.05, 0.1) is 10.7 Å². The van der Waals surface area contributed by atoms with Crippen LogP contribution >= 0.6 is 11.6 Å². The van der Waals surface area contributed by atoms with Crippen LogP contribution in [0.1, 0.15) is 39.2 Å². The SMILES string of the molecule is CCCNCc1ccc(N2CCC(C)C(C)C2)c(Cl)c1. The highest BCUT2D eigenvalue weighted by Gasteiger charge is 2.23. The maximum absolute atomic E-state index is 6.49. The van der Waals surface area contributed by atoms with Crippen LogP contribution in [0.4, 0.5) is 5.69 Å². The number of piperidine rings is 1. The third-order valence-electron chi connectivity index (χ3n) is 4.44. The first kappa shape index (κ1) is 15.7. The molecule has 1 aliphatic rings. The largest absolute Gasteiger partial charge is 0.370 e. The molecule has 1 aromatic rings. The van der Waals surface area contributed by atoms with Gasteiger partial charge in [-0.2, -0.15) is 0 Å². The Morgan fingerprint density at radius 1 is 1.30 bits per heavy atom. The molecule has 0 aromatic heterocycles. The summed E-state index contributed by atoms with van der Waals surface area (Å²) in [6.07, 6.45) is 2.42. The lowest BCUT2D eigenvalue weighted by molar-refractivity contribution is 0.324. The molecule has 1 fully saturated rings. The number of hydrogen-bond donors (Lipinski definition) is 1. The van der Waals surface area contributed by atoms with Gasteiger partial charge in [-0.15, -0.1) is 0 Å². The highest BCUT2D eigenvalue weighted by atomic mass is 35.5. The molecular weight excluding hydrogens is 268 g/mol. The van der Waals surface area contributed by atoms with Gasteiger partial charge >= 0.3 is 0 Å². The zero-order chi connectivity index (χ0) is 14.5. The number of rotatable bonds is 5. The van der Waals surface area contributed by atoms with Gasteiger partial charge in [0.2, 0.25) is 0 Å². The van der Waals surface area contributed by atoms with Gasteiger partial charge in [0, 0.05) is 19.6 Å². The summed E-state index contributed by atoms with van der Waals surface area (Å²) in [5, 5.41) is 4.31. The summed E-state index contributed by atoms with van der Waals surface area (Å²) in [7, 11) is 0. The second-order valence-electron chi connectivity index (χ2n) is 6.15. The molecule has 1 saturated heterocycles. The van der Waals surface area contributed by atoms with Crippen molar-refractivity contribution >= 4 is 17.3 Å². The predicted octanol–water partition coefficient (Wildman–Crippen LogP) is 4.32. The molecule has 2 unspecified atom stereocenters. The number of nitrogens with zero attached hydrogens (tertiary/aromatic N) is 1. The lowest BCUT2D eigenvalue weighted by Crippen LogP contribution is -2.38. The van der Waals surface area contributed by atoms with Crippen molar-refractivity contribution in [3.8, 4) is 0 Å². The molecule has 0 saturated carbocycles. The summed E-state index contributed by atoms with van der Waals surface area (Å²) in [5.74, 6) is 1.56. The Bertz CT molecular complexity index is 433. The van der Waals surface area contributed by atoms with Crippen molar-refractivity contribution in [2.75, 3.05) is 24.5 Å². The first-order valence-electron chi connectivity index (χ1n) is 7.86. The normalized spacial score (nSPS) is 23.1. The van der Waals surface area contributed by atoms with E-state index in [1.54, 1.807) is 0 Å². The van der Waals surface area contributed by atoms with E-state index in [4.69, 9.17) is 11.6 Å². The molecule has 20 heavy (non-hydrogen) atoms. The highest BCUT2D eigenvalue weighted by molar-refractivity contribution is 6.33. The van der Waals surface area contributed by atoms with E-state index in [9.17, 15) is 0 Å². The molecule has 0 spiro atoms. The highest BCUT2D eigenvalue weighted by Crippen LogP contribution is 2.32. The molecule has 1 aliphatic heterocycles. The minimum atomic E-state index is 0.741. The molecule has 0 aliphatic carbocycles. The molecule has 3 heteroatoms. The summed E-state index contributed by atoms with van der Waals surface area (Å²) in [5.41, 5.74) is 2.47. The van der Waals surface area contributed by atoms with Crippen LogP contribution in [0.25, 0.3) is 0 Å². The fourth-order valence-electron chi connectivity index (χ4n) is 2.81. The first-order chi connectivity index (χ1) is 9.61. The fourth-order valence-corrected chi connectivity index (χ4v) is 3.13. The van der Waals surface area contributed by atoms with Crippen LogP contribution in [0.5, 0.6) is 0 Å². The smallest absolute Gasteiger partial charge is 0.0642 e. The van der Waals surface area contributed by atoms with Crippen molar-refractivity contribution in [3.05, 3.63) is 28.8 Å². The van der Waals surface area contributed by atoms with Gasteiger partial charge in [-0.1, -0.05) is 38.4 Å². The quantitative estimate of drug-likeness (QED) is 0.814. The Kier molecular flexibility index (Phi) is 5.74. The minimum absolute atomic E-state index is 0.741. The minimum Gasteiger partial charge on any atom is -0.370 e. The molecule has 2 nitrogen and oxygen atoms in total. The van der Waals surface area contributed by atoms with Crippen molar-refractivity contribution in [1.29, 1.82) is 0 Å². The molecular formula is C17H27ClN2. The second kappa shape index (κ2) is 7.33.